The molecule has 0 atom stereocenters. The molecule has 4 nitrogen and oxygen atoms in total. The van der Waals surface area contributed by atoms with E-state index in [9.17, 15) is 13.6 Å². The van der Waals surface area contributed by atoms with Crippen LogP contribution < -0.4 is 0 Å². The van der Waals surface area contributed by atoms with E-state index in [1.54, 1.807) is 36.4 Å². The Bertz CT molecular complexity index is 1110. The average Bonchev–Trinajstić information content (AvgIpc) is 2.95. The third-order valence-corrected chi connectivity index (χ3v) is 6.27. The normalized spacial score (nSPS) is 14.4. The fourth-order valence-corrected chi connectivity index (χ4v) is 4.71. The summed E-state index contributed by atoms with van der Waals surface area (Å²) >= 11 is 0. The van der Waals surface area contributed by atoms with E-state index in [4.69, 9.17) is 0 Å². The zero-order valence-corrected chi connectivity index (χ0v) is 14.3. The smallest absolute Gasteiger partial charge is 0.207 e. The molecule has 1 N–H and O–H groups in total. The minimum atomic E-state index is -3.73. The maximum atomic E-state index is 13.2. The second kappa shape index (κ2) is 5.57. The summed E-state index contributed by atoms with van der Waals surface area (Å²) in [4.78, 5) is 0.373. The van der Waals surface area contributed by atoms with Crippen LogP contribution in [0.5, 0.6) is 0 Å². The van der Waals surface area contributed by atoms with Crippen LogP contribution in [-0.2, 0) is 9.84 Å². The van der Waals surface area contributed by atoms with Gasteiger partial charge in [0.05, 0.1) is 9.79 Å². The van der Waals surface area contributed by atoms with Gasteiger partial charge in [0.1, 0.15) is 5.71 Å². The van der Waals surface area contributed by atoms with Crippen molar-refractivity contribution in [3.63, 3.8) is 0 Å². The topological polar surface area (TPSA) is 66.7 Å². The fraction of sp³-hybridized carbons (Fsp3) is 0.0500. The lowest BCUT2D eigenvalue weighted by Crippen LogP contribution is -2.09. The highest BCUT2D eigenvalue weighted by Gasteiger charge is 2.32. The molecular weight excluding hydrogens is 334 g/mol. The number of aryl methyl sites for hydroxylation is 1. The number of hydrogen-bond donors (Lipinski definition) is 1. The van der Waals surface area contributed by atoms with Crippen molar-refractivity contribution in [3.05, 3.63) is 83.4 Å². The van der Waals surface area contributed by atoms with Crippen LogP contribution in [0.15, 0.2) is 81.7 Å². The van der Waals surface area contributed by atoms with E-state index >= 15 is 0 Å². The van der Waals surface area contributed by atoms with Crippen molar-refractivity contribution >= 4 is 15.5 Å². The molecule has 0 fully saturated rings. The van der Waals surface area contributed by atoms with Crippen molar-refractivity contribution in [1.82, 2.24) is 0 Å². The quantitative estimate of drug-likeness (QED) is 0.439. The van der Waals surface area contributed by atoms with E-state index in [0.717, 1.165) is 22.3 Å². The summed E-state index contributed by atoms with van der Waals surface area (Å²) in [6.45, 7) is 1.91. The van der Waals surface area contributed by atoms with Crippen LogP contribution in [0.4, 0.5) is 0 Å². The van der Waals surface area contributed by atoms with Crippen LogP contribution in [-0.4, -0.2) is 19.3 Å². The molecule has 1 aliphatic rings. The van der Waals surface area contributed by atoms with E-state index in [1.807, 2.05) is 37.3 Å². The minimum Gasteiger partial charge on any atom is -0.410 e. The molecule has 0 saturated heterocycles. The third-order valence-electron chi connectivity index (χ3n) is 4.46. The monoisotopic (exact) mass is 349 g/mol. The van der Waals surface area contributed by atoms with Crippen LogP contribution in [0, 0.1) is 6.92 Å². The first-order valence-corrected chi connectivity index (χ1v) is 9.29. The average molecular weight is 349 g/mol. The summed E-state index contributed by atoms with van der Waals surface area (Å²) in [5, 5.41) is 13.0. The molecule has 0 radical (unpaired) electrons. The Balaban J connectivity index is 2.00. The van der Waals surface area contributed by atoms with Gasteiger partial charge >= 0.3 is 0 Å². The van der Waals surface area contributed by atoms with Gasteiger partial charge in [-0.05, 0) is 36.2 Å². The highest BCUT2D eigenvalue weighted by molar-refractivity contribution is 7.91. The minimum absolute atomic E-state index is 0.151. The van der Waals surface area contributed by atoms with Gasteiger partial charge in [0, 0.05) is 11.1 Å². The number of sulfone groups is 1. The molecule has 0 amide bonds. The predicted octanol–water partition coefficient (Wildman–Crippen LogP) is 4.03. The Labute approximate surface area is 146 Å². The molecule has 4 rings (SSSR count). The lowest BCUT2D eigenvalue weighted by atomic mass is 10.1. The Hall–Kier alpha value is -2.92. The van der Waals surface area contributed by atoms with Gasteiger partial charge in [-0.15, -0.1) is 0 Å². The zero-order valence-electron chi connectivity index (χ0n) is 13.5. The number of rotatable bonds is 2. The predicted molar refractivity (Wildman–Crippen MR) is 95.9 cm³/mol. The van der Waals surface area contributed by atoms with Gasteiger partial charge < -0.3 is 5.21 Å². The van der Waals surface area contributed by atoms with E-state index in [2.05, 4.69) is 5.16 Å². The Morgan fingerprint density at radius 2 is 1.44 bits per heavy atom. The van der Waals surface area contributed by atoms with Gasteiger partial charge in [0.15, 0.2) is 0 Å². The molecule has 124 valence electrons. The maximum absolute atomic E-state index is 13.2. The summed E-state index contributed by atoms with van der Waals surface area (Å²) in [7, 11) is -3.73. The molecule has 0 aliphatic heterocycles. The second-order valence-corrected chi connectivity index (χ2v) is 7.91. The summed E-state index contributed by atoms with van der Waals surface area (Å²) < 4.78 is 26.4. The molecule has 0 aromatic heterocycles. The molecule has 3 aromatic carbocycles. The van der Waals surface area contributed by atoms with Crippen molar-refractivity contribution in [2.45, 2.75) is 16.7 Å². The van der Waals surface area contributed by atoms with Gasteiger partial charge in [0.2, 0.25) is 9.84 Å². The number of hydrogen-bond acceptors (Lipinski definition) is 4. The molecular formula is C20H15NO3S. The van der Waals surface area contributed by atoms with Crippen molar-refractivity contribution in [2.75, 3.05) is 0 Å². The Kier molecular flexibility index (Phi) is 3.47. The largest absolute Gasteiger partial charge is 0.410 e. The van der Waals surface area contributed by atoms with Crippen LogP contribution in [0.3, 0.4) is 0 Å². The summed E-state index contributed by atoms with van der Waals surface area (Å²) in [6.07, 6.45) is 0. The number of nitrogens with zero attached hydrogens (tertiary/aromatic N) is 1. The van der Waals surface area contributed by atoms with Crippen molar-refractivity contribution in [1.29, 1.82) is 0 Å². The zero-order chi connectivity index (χ0) is 17.6. The molecule has 5 heteroatoms. The van der Waals surface area contributed by atoms with Gasteiger partial charge in [-0.25, -0.2) is 8.42 Å². The molecule has 0 bridgehead atoms. The Morgan fingerprint density at radius 3 is 2.12 bits per heavy atom. The molecule has 3 aromatic rings. The first-order valence-electron chi connectivity index (χ1n) is 7.81. The lowest BCUT2D eigenvalue weighted by molar-refractivity contribution is 0.319. The van der Waals surface area contributed by atoms with Gasteiger partial charge in [-0.2, -0.15) is 0 Å². The third kappa shape index (κ3) is 2.27. The van der Waals surface area contributed by atoms with E-state index in [1.165, 1.54) is 0 Å². The molecule has 0 spiro atoms. The molecule has 0 heterocycles. The van der Waals surface area contributed by atoms with Crippen molar-refractivity contribution < 1.29 is 13.6 Å². The van der Waals surface area contributed by atoms with Crippen LogP contribution in [0.1, 0.15) is 16.7 Å². The van der Waals surface area contributed by atoms with E-state index in [0.29, 0.717) is 5.56 Å². The summed E-state index contributed by atoms with van der Waals surface area (Å²) in [6, 6.07) is 19.3. The van der Waals surface area contributed by atoms with Crippen molar-refractivity contribution in [2.24, 2.45) is 5.16 Å². The first kappa shape index (κ1) is 15.6. The second-order valence-electron chi connectivity index (χ2n) is 5.99. The number of oxime groups is 1. The summed E-state index contributed by atoms with van der Waals surface area (Å²) in [5.41, 5.74) is 4.08. The van der Waals surface area contributed by atoms with Crippen LogP contribution in [0.2, 0.25) is 0 Å². The molecule has 0 unspecified atom stereocenters. The Morgan fingerprint density at radius 1 is 0.800 bits per heavy atom. The SMILES string of the molecule is Cc1ccc(S(=O)(=O)c2cccc3c2/C(=N/O)c2ccccc2-3)cc1. The molecule has 0 saturated carbocycles. The van der Waals surface area contributed by atoms with E-state index in [-0.39, 0.29) is 15.5 Å². The van der Waals surface area contributed by atoms with E-state index < -0.39 is 9.84 Å². The molecule has 1 aliphatic carbocycles. The standard InChI is InChI=1S/C20H15NO3S/c1-13-9-11-14(12-10-13)25(23,24)18-8-4-7-16-15-5-2-3-6-17(15)20(21-22)19(16)18/h2-12,22H,1H3/b21-20+. The van der Waals surface area contributed by atoms with Gasteiger partial charge in [-0.1, -0.05) is 59.3 Å². The maximum Gasteiger partial charge on any atom is 0.207 e. The van der Waals surface area contributed by atoms with Gasteiger partial charge in [-0.3, -0.25) is 0 Å². The highest BCUT2D eigenvalue weighted by Crippen LogP contribution is 2.41. The number of fused-ring (bicyclic) bond motifs is 3. The van der Waals surface area contributed by atoms with Crippen LogP contribution in [0.25, 0.3) is 11.1 Å². The number of benzene rings is 3. The summed E-state index contributed by atoms with van der Waals surface area (Å²) in [5.74, 6) is 0. The molecule has 25 heavy (non-hydrogen) atoms. The first-order chi connectivity index (χ1) is 12.0. The van der Waals surface area contributed by atoms with Crippen LogP contribution >= 0.6 is 0 Å². The van der Waals surface area contributed by atoms with Crippen molar-refractivity contribution in [3.8, 4) is 11.1 Å². The fourth-order valence-electron chi connectivity index (χ4n) is 3.23. The van der Waals surface area contributed by atoms with Gasteiger partial charge in [0.25, 0.3) is 0 Å². The lowest BCUT2D eigenvalue weighted by Gasteiger charge is -2.10. The highest BCUT2D eigenvalue weighted by atomic mass is 32.2.